The van der Waals surface area contributed by atoms with E-state index in [0.717, 1.165) is 0 Å². The second-order valence-corrected chi connectivity index (χ2v) is 6.77. The Morgan fingerprint density at radius 1 is 1.00 bits per heavy atom. The summed E-state index contributed by atoms with van der Waals surface area (Å²) < 4.78 is 63.1. The number of rotatable bonds is 4. The van der Waals surface area contributed by atoms with Crippen molar-refractivity contribution >= 4 is 10.0 Å². The number of hydrogen-bond donors (Lipinski definition) is 1. The maximum atomic E-state index is 13.1. The largest absolute Gasteiger partial charge is 0.282 e. The van der Waals surface area contributed by atoms with Gasteiger partial charge in [-0.3, -0.25) is 0 Å². The van der Waals surface area contributed by atoms with Gasteiger partial charge in [0.2, 0.25) is 10.0 Å². The van der Waals surface area contributed by atoms with E-state index in [-0.39, 0.29) is 4.90 Å². The van der Waals surface area contributed by atoms with Gasteiger partial charge < -0.3 is 0 Å². The molecule has 0 radical (unpaired) electrons. The zero-order valence-electron chi connectivity index (χ0n) is 12.6. The van der Waals surface area contributed by atoms with Crippen molar-refractivity contribution in [2.24, 2.45) is 5.14 Å². The molecule has 130 valence electrons. The van der Waals surface area contributed by atoms with E-state index < -0.39 is 28.0 Å². The summed E-state index contributed by atoms with van der Waals surface area (Å²) >= 11 is 0. The predicted octanol–water partition coefficient (Wildman–Crippen LogP) is 3.26. The number of sulfonamides is 1. The molecule has 2 aromatic carbocycles. The van der Waals surface area contributed by atoms with E-state index in [1.807, 2.05) is 0 Å². The lowest BCUT2D eigenvalue weighted by atomic mass is 10.1. The Kier molecular flexibility index (Phi) is 4.36. The minimum absolute atomic E-state index is 0.110. The van der Waals surface area contributed by atoms with Gasteiger partial charge in [0, 0.05) is 5.56 Å². The highest BCUT2D eigenvalue weighted by molar-refractivity contribution is 7.89. The van der Waals surface area contributed by atoms with Crippen LogP contribution >= 0.6 is 0 Å². The normalized spacial score (nSPS) is 11.9. The highest BCUT2D eigenvalue weighted by Crippen LogP contribution is 2.28. The fourth-order valence-corrected chi connectivity index (χ4v) is 2.82. The van der Waals surface area contributed by atoms with Crippen LogP contribution in [0.3, 0.4) is 0 Å². The van der Waals surface area contributed by atoms with Crippen LogP contribution in [0.2, 0.25) is 0 Å². The molecule has 0 aliphatic carbocycles. The third-order valence-corrected chi connectivity index (χ3v) is 4.43. The van der Waals surface area contributed by atoms with Crippen LogP contribution in [-0.2, 0) is 10.0 Å². The number of primary sulfonamides is 1. The maximum absolute atomic E-state index is 13.1. The van der Waals surface area contributed by atoms with Crippen LogP contribution in [0.25, 0.3) is 16.9 Å². The Morgan fingerprint density at radius 2 is 1.60 bits per heavy atom. The van der Waals surface area contributed by atoms with Gasteiger partial charge in [0.1, 0.15) is 11.5 Å². The Morgan fingerprint density at radius 3 is 2.12 bits per heavy atom. The molecule has 2 N–H and O–H groups in total. The van der Waals surface area contributed by atoms with E-state index in [1.54, 1.807) is 0 Å². The van der Waals surface area contributed by atoms with Crippen LogP contribution in [0.4, 0.5) is 13.2 Å². The minimum atomic E-state index is -3.87. The lowest BCUT2D eigenvalue weighted by Gasteiger charge is -2.08. The Bertz CT molecular complexity index is 998. The molecule has 3 rings (SSSR count). The highest BCUT2D eigenvalue weighted by Gasteiger charge is 2.18. The lowest BCUT2D eigenvalue weighted by Crippen LogP contribution is -2.12. The number of aromatic nitrogens is 2. The van der Waals surface area contributed by atoms with Crippen molar-refractivity contribution in [2.45, 2.75) is 11.3 Å². The molecule has 0 atom stereocenters. The van der Waals surface area contributed by atoms with E-state index in [1.165, 1.54) is 59.3 Å². The van der Waals surface area contributed by atoms with Crippen molar-refractivity contribution in [3.8, 4) is 16.9 Å². The SMILES string of the molecule is NS(=O)(=O)c1ccc(-n2nc(C(F)F)cc2-c2ccc([18F])cc2)cc1. The lowest BCUT2D eigenvalue weighted by molar-refractivity contribution is 0.145. The topological polar surface area (TPSA) is 78.0 Å². The molecule has 0 spiro atoms. The molecule has 25 heavy (non-hydrogen) atoms. The van der Waals surface area contributed by atoms with Crippen molar-refractivity contribution in [1.82, 2.24) is 9.78 Å². The quantitative estimate of drug-likeness (QED) is 0.770. The average Bonchev–Trinajstić information content (AvgIpc) is 3.00. The Balaban J connectivity index is 2.13. The van der Waals surface area contributed by atoms with Crippen LogP contribution in [0.1, 0.15) is 12.1 Å². The molecule has 1 aromatic heterocycles. The van der Waals surface area contributed by atoms with Crippen LogP contribution in [0, 0.1) is 5.82 Å². The first kappa shape index (κ1) is 17.2. The van der Waals surface area contributed by atoms with Gasteiger partial charge in [-0.2, -0.15) is 5.10 Å². The number of alkyl halides is 2. The van der Waals surface area contributed by atoms with Crippen LogP contribution < -0.4 is 5.14 Å². The summed E-state index contributed by atoms with van der Waals surface area (Å²) in [6.45, 7) is 0. The number of nitrogens with two attached hydrogens (primary N) is 1. The van der Waals surface area contributed by atoms with Gasteiger partial charge in [-0.1, -0.05) is 0 Å². The monoisotopic (exact) mass is 366 g/mol. The van der Waals surface area contributed by atoms with Gasteiger partial charge in [-0.05, 0) is 54.6 Å². The smallest absolute Gasteiger partial charge is 0.233 e. The summed E-state index contributed by atoms with van der Waals surface area (Å²) in [6, 6.07) is 11.8. The molecular formula is C16H12F3N3O2S. The molecule has 0 amide bonds. The third kappa shape index (κ3) is 3.57. The zero-order chi connectivity index (χ0) is 18.2. The molecule has 0 saturated heterocycles. The number of halogens is 3. The van der Waals surface area contributed by atoms with Crippen molar-refractivity contribution in [2.75, 3.05) is 0 Å². The third-order valence-electron chi connectivity index (χ3n) is 3.50. The molecular weight excluding hydrogens is 354 g/mol. The van der Waals surface area contributed by atoms with E-state index in [2.05, 4.69) is 5.10 Å². The van der Waals surface area contributed by atoms with Crippen LogP contribution in [0.15, 0.2) is 59.5 Å². The van der Waals surface area contributed by atoms with Crippen molar-refractivity contribution in [3.63, 3.8) is 0 Å². The second kappa shape index (κ2) is 6.34. The first-order valence-corrected chi connectivity index (χ1v) is 8.57. The fraction of sp³-hybridized carbons (Fsp3) is 0.0625. The minimum Gasteiger partial charge on any atom is -0.233 e. The molecule has 0 aliphatic rings. The molecule has 0 saturated carbocycles. The maximum Gasteiger partial charge on any atom is 0.282 e. The summed E-state index contributed by atoms with van der Waals surface area (Å²) in [5, 5.41) is 8.90. The Hall–Kier alpha value is -2.65. The van der Waals surface area contributed by atoms with E-state index >= 15 is 0 Å². The predicted molar refractivity (Wildman–Crippen MR) is 85.3 cm³/mol. The molecule has 9 heteroatoms. The summed E-state index contributed by atoms with van der Waals surface area (Å²) in [5.41, 5.74) is 0.712. The molecule has 0 unspecified atom stereocenters. The number of hydrogen-bond acceptors (Lipinski definition) is 3. The molecule has 0 bridgehead atoms. The first-order valence-electron chi connectivity index (χ1n) is 7.03. The highest BCUT2D eigenvalue weighted by atomic mass is 32.2. The zero-order valence-corrected chi connectivity index (χ0v) is 13.4. The summed E-state index contributed by atoms with van der Waals surface area (Å²) in [4.78, 5) is -0.110. The van der Waals surface area contributed by atoms with Gasteiger partial charge in [0.15, 0.2) is 0 Å². The first-order chi connectivity index (χ1) is 11.8. The van der Waals surface area contributed by atoms with Gasteiger partial charge in [-0.15, -0.1) is 0 Å². The van der Waals surface area contributed by atoms with Crippen LogP contribution in [0.5, 0.6) is 0 Å². The fourth-order valence-electron chi connectivity index (χ4n) is 2.31. The molecule has 1 heterocycles. The second-order valence-electron chi connectivity index (χ2n) is 5.21. The number of benzene rings is 2. The van der Waals surface area contributed by atoms with E-state index in [4.69, 9.17) is 5.14 Å². The van der Waals surface area contributed by atoms with Crippen molar-refractivity contribution < 1.29 is 21.6 Å². The van der Waals surface area contributed by atoms with Crippen molar-refractivity contribution in [1.29, 1.82) is 0 Å². The van der Waals surface area contributed by atoms with Gasteiger partial charge in [-0.25, -0.2) is 31.4 Å². The van der Waals surface area contributed by atoms with E-state index in [9.17, 15) is 21.6 Å². The van der Waals surface area contributed by atoms with Gasteiger partial charge in [0.25, 0.3) is 6.43 Å². The summed E-state index contributed by atoms with van der Waals surface area (Å²) in [5.74, 6) is -0.457. The molecule has 0 aliphatic heterocycles. The molecule has 0 fully saturated rings. The number of nitrogens with zero attached hydrogens (tertiary/aromatic N) is 2. The summed E-state index contributed by atoms with van der Waals surface area (Å²) in [6.07, 6.45) is -2.79. The van der Waals surface area contributed by atoms with Crippen LogP contribution in [-0.4, -0.2) is 18.2 Å². The molecule has 3 aromatic rings. The average molecular weight is 366 g/mol. The van der Waals surface area contributed by atoms with Gasteiger partial charge in [0.05, 0.1) is 16.3 Å². The van der Waals surface area contributed by atoms with Crippen molar-refractivity contribution in [3.05, 3.63) is 66.1 Å². The Labute approximate surface area is 141 Å². The summed E-state index contributed by atoms with van der Waals surface area (Å²) in [7, 11) is -3.87. The standard InChI is InChI=1S/C16H12F3N3O2S/c17-11-3-1-10(2-4-11)15-9-14(16(18)19)21-22(15)12-5-7-13(8-6-12)25(20,23)24/h1-9,16H,(H2,20,23,24)/i17-1. The van der Waals surface area contributed by atoms with E-state index in [0.29, 0.717) is 16.9 Å². The molecule has 5 nitrogen and oxygen atoms in total. The van der Waals surface area contributed by atoms with Gasteiger partial charge >= 0.3 is 0 Å².